The van der Waals surface area contributed by atoms with E-state index in [0.717, 1.165) is 12.1 Å². The SMILES string of the molecule is N#CCCNC(=O)c1cc(C(F)(F)F)ccc1Br. The average Bonchev–Trinajstić information content (AvgIpc) is 2.28. The van der Waals surface area contributed by atoms with E-state index in [1.54, 1.807) is 0 Å². The van der Waals surface area contributed by atoms with E-state index >= 15 is 0 Å². The Morgan fingerprint density at radius 2 is 2.11 bits per heavy atom. The van der Waals surface area contributed by atoms with Crippen LogP contribution in [0.4, 0.5) is 13.2 Å². The molecule has 0 aliphatic rings. The second-order valence-corrected chi connectivity index (χ2v) is 4.21. The van der Waals surface area contributed by atoms with Crippen molar-refractivity contribution in [3.63, 3.8) is 0 Å². The number of alkyl halides is 3. The summed E-state index contributed by atoms with van der Waals surface area (Å²) in [7, 11) is 0. The van der Waals surface area contributed by atoms with Crippen LogP contribution in [0.5, 0.6) is 0 Å². The highest BCUT2D eigenvalue weighted by atomic mass is 79.9. The molecule has 96 valence electrons. The Morgan fingerprint density at radius 3 is 2.67 bits per heavy atom. The van der Waals surface area contributed by atoms with Crippen molar-refractivity contribution in [1.82, 2.24) is 5.32 Å². The highest BCUT2D eigenvalue weighted by molar-refractivity contribution is 9.10. The van der Waals surface area contributed by atoms with E-state index in [4.69, 9.17) is 5.26 Å². The Hall–Kier alpha value is -1.55. The lowest BCUT2D eigenvalue weighted by Crippen LogP contribution is -2.25. The monoisotopic (exact) mass is 320 g/mol. The molecule has 0 aromatic heterocycles. The van der Waals surface area contributed by atoms with Gasteiger partial charge in [-0.3, -0.25) is 4.79 Å². The van der Waals surface area contributed by atoms with Crippen molar-refractivity contribution >= 4 is 21.8 Å². The van der Waals surface area contributed by atoms with Crippen LogP contribution in [0.25, 0.3) is 0 Å². The van der Waals surface area contributed by atoms with Crippen LogP contribution in [0.15, 0.2) is 22.7 Å². The third-order valence-corrected chi connectivity index (χ3v) is 2.75. The van der Waals surface area contributed by atoms with E-state index in [1.807, 2.05) is 6.07 Å². The molecule has 0 radical (unpaired) electrons. The predicted octanol–water partition coefficient (Wildman–Crippen LogP) is 3.11. The molecule has 1 rings (SSSR count). The van der Waals surface area contributed by atoms with Gasteiger partial charge in [0, 0.05) is 11.0 Å². The van der Waals surface area contributed by atoms with Crippen LogP contribution in [0.1, 0.15) is 22.3 Å². The molecule has 1 amide bonds. The van der Waals surface area contributed by atoms with Crippen LogP contribution in [-0.2, 0) is 6.18 Å². The Morgan fingerprint density at radius 1 is 1.44 bits per heavy atom. The van der Waals surface area contributed by atoms with E-state index < -0.39 is 17.6 Å². The number of benzene rings is 1. The molecule has 0 heterocycles. The van der Waals surface area contributed by atoms with E-state index in [1.165, 1.54) is 6.07 Å². The van der Waals surface area contributed by atoms with Crippen molar-refractivity contribution in [1.29, 1.82) is 5.26 Å². The predicted molar refractivity (Wildman–Crippen MR) is 61.7 cm³/mol. The van der Waals surface area contributed by atoms with Crippen molar-refractivity contribution in [2.45, 2.75) is 12.6 Å². The van der Waals surface area contributed by atoms with Gasteiger partial charge in [0.2, 0.25) is 0 Å². The summed E-state index contributed by atoms with van der Waals surface area (Å²) in [5, 5.41) is 10.7. The van der Waals surface area contributed by atoms with Crippen LogP contribution in [0.2, 0.25) is 0 Å². The first kappa shape index (κ1) is 14.5. The molecular weight excluding hydrogens is 313 g/mol. The summed E-state index contributed by atoms with van der Waals surface area (Å²) in [6, 6.07) is 4.64. The summed E-state index contributed by atoms with van der Waals surface area (Å²) >= 11 is 3.01. The number of hydrogen-bond donors (Lipinski definition) is 1. The first-order valence-corrected chi connectivity index (χ1v) is 5.67. The average molecular weight is 321 g/mol. The fraction of sp³-hybridized carbons (Fsp3) is 0.273. The van der Waals surface area contributed by atoms with Gasteiger partial charge in [0.05, 0.1) is 23.6 Å². The Bertz CT molecular complexity index is 494. The summed E-state index contributed by atoms with van der Waals surface area (Å²) in [4.78, 5) is 11.6. The summed E-state index contributed by atoms with van der Waals surface area (Å²) in [5.41, 5.74) is -1.00. The highest BCUT2D eigenvalue weighted by Gasteiger charge is 2.31. The van der Waals surface area contributed by atoms with Gasteiger partial charge in [0.1, 0.15) is 0 Å². The lowest BCUT2D eigenvalue weighted by atomic mass is 10.1. The zero-order valence-corrected chi connectivity index (χ0v) is 10.6. The lowest BCUT2D eigenvalue weighted by molar-refractivity contribution is -0.137. The second-order valence-electron chi connectivity index (χ2n) is 3.36. The third kappa shape index (κ3) is 3.74. The first-order chi connectivity index (χ1) is 8.36. The van der Waals surface area contributed by atoms with Gasteiger partial charge >= 0.3 is 6.18 Å². The van der Waals surface area contributed by atoms with Crippen LogP contribution in [0, 0.1) is 11.3 Å². The zero-order chi connectivity index (χ0) is 13.8. The zero-order valence-electron chi connectivity index (χ0n) is 9.01. The fourth-order valence-electron chi connectivity index (χ4n) is 1.20. The minimum absolute atomic E-state index is 0.0953. The van der Waals surface area contributed by atoms with E-state index in [9.17, 15) is 18.0 Å². The van der Waals surface area contributed by atoms with Crippen LogP contribution in [0.3, 0.4) is 0 Å². The van der Waals surface area contributed by atoms with E-state index in [0.29, 0.717) is 0 Å². The number of nitriles is 1. The maximum Gasteiger partial charge on any atom is 0.416 e. The molecule has 1 aromatic carbocycles. The smallest absolute Gasteiger partial charge is 0.351 e. The van der Waals surface area contributed by atoms with E-state index in [2.05, 4.69) is 21.2 Å². The molecule has 0 aliphatic carbocycles. The number of nitrogens with zero attached hydrogens (tertiary/aromatic N) is 1. The largest absolute Gasteiger partial charge is 0.416 e. The quantitative estimate of drug-likeness (QED) is 0.870. The molecule has 0 spiro atoms. The van der Waals surface area contributed by atoms with Crippen LogP contribution >= 0.6 is 15.9 Å². The van der Waals surface area contributed by atoms with Crippen molar-refractivity contribution in [2.24, 2.45) is 0 Å². The van der Waals surface area contributed by atoms with Gasteiger partial charge in [-0.2, -0.15) is 18.4 Å². The number of halogens is 4. The molecule has 0 unspecified atom stereocenters. The molecule has 0 atom stereocenters. The number of nitrogens with one attached hydrogen (secondary N) is 1. The maximum atomic E-state index is 12.5. The van der Waals surface area contributed by atoms with Gasteiger partial charge in [-0.05, 0) is 34.1 Å². The summed E-state index contributed by atoms with van der Waals surface area (Å²) in [6.07, 6.45) is -4.40. The molecule has 0 saturated carbocycles. The Kier molecular flexibility index (Phi) is 4.73. The molecule has 1 aromatic rings. The third-order valence-electron chi connectivity index (χ3n) is 2.06. The number of carbonyl (C=O) groups excluding carboxylic acids is 1. The summed E-state index contributed by atoms with van der Waals surface area (Å²) in [6.45, 7) is 0.0953. The molecule has 0 bridgehead atoms. The Labute approximate surface area is 110 Å². The van der Waals surface area contributed by atoms with Crippen molar-refractivity contribution in [3.8, 4) is 6.07 Å². The van der Waals surface area contributed by atoms with Crippen molar-refractivity contribution in [2.75, 3.05) is 6.54 Å². The standard InChI is InChI=1S/C11H8BrF3N2O/c12-9-3-2-7(11(13,14)15)6-8(9)10(18)17-5-1-4-16/h2-3,6H,1,5H2,(H,17,18). The molecule has 0 aliphatic heterocycles. The van der Waals surface area contributed by atoms with Gasteiger partial charge in [-0.1, -0.05) is 0 Å². The molecular formula is C11H8BrF3N2O. The number of rotatable bonds is 3. The Balaban J connectivity index is 2.94. The summed E-state index contributed by atoms with van der Waals surface area (Å²) < 4.78 is 37.7. The summed E-state index contributed by atoms with van der Waals surface area (Å²) in [5.74, 6) is -0.650. The second kappa shape index (κ2) is 5.87. The minimum atomic E-state index is -4.50. The highest BCUT2D eigenvalue weighted by Crippen LogP contribution is 2.31. The van der Waals surface area contributed by atoms with Gasteiger partial charge in [-0.25, -0.2) is 0 Å². The topological polar surface area (TPSA) is 52.9 Å². The van der Waals surface area contributed by atoms with Crippen molar-refractivity contribution < 1.29 is 18.0 Å². The van der Waals surface area contributed by atoms with Gasteiger partial charge < -0.3 is 5.32 Å². The fourth-order valence-corrected chi connectivity index (χ4v) is 1.63. The van der Waals surface area contributed by atoms with Crippen LogP contribution < -0.4 is 5.32 Å². The molecule has 3 nitrogen and oxygen atoms in total. The molecule has 0 saturated heterocycles. The molecule has 18 heavy (non-hydrogen) atoms. The molecule has 7 heteroatoms. The molecule has 1 N–H and O–H groups in total. The number of amides is 1. The van der Waals surface area contributed by atoms with Gasteiger partial charge in [-0.15, -0.1) is 0 Å². The van der Waals surface area contributed by atoms with Crippen molar-refractivity contribution in [3.05, 3.63) is 33.8 Å². The number of hydrogen-bond acceptors (Lipinski definition) is 2. The minimum Gasteiger partial charge on any atom is -0.351 e. The van der Waals surface area contributed by atoms with E-state index in [-0.39, 0.29) is 23.0 Å². The van der Waals surface area contributed by atoms with Gasteiger partial charge in [0.25, 0.3) is 5.91 Å². The first-order valence-electron chi connectivity index (χ1n) is 4.88. The normalized spacial score (nSPS) is 10.8. The number of carbonyl (C=O) groups is 1. The van der Waals surface area contributed by atoms with Crippen LogP contribution in [-0.4, -0.2) is 12.5 Å². The molecule has 0 fully saturated rings. The maximum absolute atomic E-state index is 12.5. The van der Waals surface area contributed by atoms with Gasteiger partial charge in [0.15, 0.2) is 0 Å². The lowest BCUT2D eigenvalue weighted by Gasteiger charge is -2.10.